The van der Waals surface area contributed by atoms with Crippen LogP contribution in [-0.4, -0.2) is 55.1 Å². The Bertz CT molecular complexity index is 854. The zero-order chi connectivity index (χ0) is 27.1. The van der Waals surface area contributed by atoms with E-state index in [2.05, 4.69) is 57.5 Å². The van der Waals surface area contributed by atoms with Crippen molar-refractivity contribution < 1.29 is 28.7 Å². The standard InChI is InChI=1S/C26H40IN3O6/c1-26(2,3)36-23(32)16-15-20(28)24(33)30-21(25(34)35-4)9-5-6-17-29-22(31)10-7-8-18-11-13-19(27)14-12-18/h11-14,20-21H,5-10,15-17,28H2,1-4H3,(H,29,31)(H,30,33)/t20-,21-/m0/s1. The Morgan fingerprint density at radius 1 is 1.00 bits per heavy atom. The minimum Gasteiger partial charge on any atom is -0.467 e. The van der Waals surface area contributed by atoms with Crippen LogP contribution in [-0.2, 0) is 35.1 Å². The van der Waals surface area contributed by atoms with Gasteiger partial charge < -0.3 is 25.8 Å². The Morgan fingerprint density at radius 2 is 1.67 bits per heavy atom. The number of esters is 2. The van der Waals surface area contributed by atoms with Crippen LogP contribution in [0.4, 0.5) is 0 Å². The van der Waals surface area contributed by atoms with Gasteiger partial charge in [-0.25, -0.2) is 4.79 Å². The zero-order valence-corrected chi connectivity index (χ0v) is 23.9. The predicted molar refractivity (Wildman–Crippen MR) is 146 cm³/mol. The van der Waals surface area contributed by atoms with Gasteiger partial charge >= 0.3 is 11.9 Å². The molecule has 0 aromatic heterocycles. The SMILES string of the molecule is COC(=O)[C@H](CCCCNC(=O)CCCc1ccc(I)cc1)NC(=O)[C@@H](N)CCC(=O)OC(C)(C)C. The fraction of sp³-hybridized carbons (Fsp3) is 0.615. The summed E-state index contributed by atoms with van der Waals surface area (Å²) >= 11 is 2.26. The van der Waals surface area contributed by atoms with Crippen molar-refractivity contribution in [3.8, 4) is 0 Å². The van der Waals surface area contributed by atoms with Crippen LogP contribution in [0.25, 0.3) is 0 Å². The molecular weight excluding hydrogens is 577 g/mol. The number of methoxy groups -OCH3 is 1. The van der Waals surface area contributed by atoms with E-state index in [4.69, 9.17) is 15.2 Å². The summed E-state index contributed by atoms with van der Waals surface area (Å²) in [5.41, 5.74) is 6.49. The van der Waals surface area contributed by atoms with E-state index in [1.54, 1.807) is 20.8 Å². The second kappa shape index (κ2) is 16.5. The van der Waals surface area contributed by atoms with Gasteiger partial charge in [0.1, 0.15) is 11.6 Å². The third kappa shape index (κ3) is 14.4. The third-order valence-corrected chi connectivity index (χ3v) is 5.96. The highest BCUT2D eigenvalue weighted by Gasteiger charge is 2.25. The van der Waals surface area contributed by atoms with Crippen LogP contribution in [0, 0.1) is 3.57 Å². The van der Waals surface area contributed by atoms with Gasteiger partial charge in [-0.3, -0.25) is 14.4 Å². The summed E-state index contributed by atoms with van der Waals surface area (Å²) in [4.78, 5) is 48.4. The van der Waals surface area contributed by atoms with Crippen molar-refractivity contribution in [1.29, 1.82) is 0 Å². The lowest BCUT2D eigenvalue weighted by Crippen LogP contribution is -2.49. The number of amides is 2. The average Bonchev–Trinajstić information content (AvgIpc) is 2.81. The monoisotopic (exact) mass is 617 g/mol. The van der Waals surface area contributed by atoms with E-state index >= 15 is 0 Å². The Kier molecular flexibility index (Phi) is 14.6. The molecule has 0 radical (unpaired) electrons. The van der Waals surface area contributed by atoms with Crippen LogP contribution in [0.5, 0.6) is 0 Å². The van der Waals surface area contributed by atoms with E-state index in [0.717, 1.165) is 12.8 Å². The van der Waals surface area contributed by atoms with Gasteiger partial charge in [-0.1, -0.05) is 12.1 Å². The highest BCUT2D eigenvalue weighted by Crippen LogP contribution is 2.11. The summed E-state index contributed by atoms with van der Waals surface area (Å²) in [6.07, 6.45) is 3.77. The molecule has 0 saturated heterocycles. The molecule has 0 unspecified atom stereocenters. The van der Waals surface area contributed by atoms with Gasteiger partial charge in [0.05, 0.1) is 13.2 Å². The Labute approximate surface area is 227 Å². The number of ether oxygens (including phenoxy) is 2. The lowest BCUT2D eigenvalue weighted by molar-refractivity contribution is -0.155. The van der Waals surface area contributed by atoms with Crippen LogP contribution in [0.1, 0.15) is 71.3 Å². The first-order chi connectivity index (χ1) is 16.9. The largest absolute Gasteiger partial charge is 0.467 e. The van der Waals surface area contributed by atoms with Crippen molar-refractivity contribution in [1.82, 2.24) is 10.6 Å². The number of halogens is 1. The zero-order valence-electron chi connectivity index (χ0n) is 21.7. The molecule has 0 bridgehead atoms. The molecule has 0 aliphatic heterocycles. The molecule has 1 rings (SSSR count). The fourth-order valence-electron chi connectivity index (χ4n) is 3.36. The number of carbonyl (C=O) groups excluding carboxylic acids is 4. The first-order valence-corrected chi connectivity index (χ1v) is 13.4. The maximum Gasteiger partial charge on any atom is 0.328 e. The van der Waals surface area contributed by atoms with E-state index in [0.29, 0.717) is 32.2 Å². The molecule has 4 N–H and O–H groups in total. The molecule has 2 atom stereocenters. The molecule has 1 aromatic rings. The topological polar surface area (TPSA) is 137 Å². The molecule has 0 fully saturated rings. The summed E-state index contributed by atoms with van der Waals surface area (Å²) in [5, 5.41) is 5.50. The van der Waals surface area contributed by atoms with E-state index in [1.807, 2.05) is 0 Å². The molecule has 10 heteroatoms. The van der Waals surface area contributed by atoms with Crippen LogP contribution < -0.4 is 16.4 Å². The first-order valence-electron chi connectivity index (χ1n) is 12.3. The third-order valence-electron chi connectivity index (χ3n) is 5.24. The van der Waals surface area contributed by atoms with E-state index in [-0.39, 0.29) is 18.7 Å². The van der Waals surface area contributed by atoms with Crippen LogP contribution in [0.15, 0.2) is 24.3 Å². The normalized spacial score (nSPS) is 12.8. The minimum absolute atomic E-state index is 0.000831. The maximum atomic E-state index is 12.4. The molecule has 36 heavy (non-hydrogen) atoms. The van der Waals surface area contributed by atoms with Gasteiger partial charge in [0.2, 0.25) is 11.8 Å². The van der Waals surface area contributed by atoms with E-state index in [9.17, 15) is 19.2 Å². The van der Waals surface area contributed by atoms with Crippen molar-refractivity contribution >= 4 is 46.3 Å². The second-order valence-corrected chi connectivity index (χ2v) is 10.9. The first kappa shape index (κ1) is 31.8. The number of rotatable bonds is 15. The van der Waals surface area contributed by atoms with Crippen molar-refractivity contribution in [2.75, 3.05) is 13.7 Å². The molecule has 0 aliphatic rings. The van der Waals surface area contributed by atoms with Gasteiger partial charge in [0, 0.05) is 23.0 Å². The highest BCUT2D eigenvalue weighted by atomic mass is 127. The number of nitrogens with two attached hydrogens (primary N) is 1. The highest BCUT2D eigenvalue weighted by molar-refractivity contribution is 14.1. The van der Waals surface area contributed by atoms with Gasteiger partial charge in [0.25, 0.3) is 0 Å². The summed E-state index contributed by atoms with van der Waals surface area (Å²) < 4.78 is 11.2. The van der Waals surface area contributed by atoms with Gasteiger partial charge in [0.15, 0.2) is 0 Å². The van der Waals surface area contributed by atoms with E-state index < -0.39 is 35.5 Å². The molecule has 0 spiro atoms. The fourth-order valence-corrected chi connectivity index (χ4v) is 3.72. The van der Waals surface area contributed by atoms with Crippen molar-refractivity contribution in [3.63, 3.8) is 0 Å². The summed E-state index contributed by atoms with van der Waals surface area (Å²) in [5.74, 6) is -1.54. The molecule has 0 saturated carbocycles. The molecule has 0 aliphatic carbocycles. The number of unbranched alkanes of at least 4 members (excludes halogenated alkanes) is 1. The smallest absolute Gasteiger partial charge is 0.328 e. The number of nitrogens with one attached hydrogen (secondary N) is 2. The minimum atomic E-state index is -0.955. The van der Waals surface area contributed by atoms with Crippen molar-refractivity contribution in [3.05, 3.63) is 33.4 Å². The van der Waals surface area contributed by atoms with Crippen LogP contribution >= 0.6 is 22.6 Å². The van der Waals surface area contributed by atoms with Crippen molar-refractivity contribution in [2.24, 2.45) is 5.73 Å². The number of hydrogen-bond acceptors (Lipinski definition) is 7. The lowest BCUT2D eigenvalue weighted by atomic mass is 10.1. The van der Waals surface area contributed by atoms with E-state index in [1.165, 1.54) is 16.2 Å². The number of aryl methyl sites for hydroxylation is 1. The second-order valence-electron chi connectivity index (χ2n) is 9.64. The van der Waals surface area contributed by atoms with Crippen LogP contribution in [0.2, 0.25) is 0 Å². The summed E-state index contributed by atoms with van der Waals surface area (Å²) in [6.45, 7) is 5.77. The lowest BCUT2D eigenvalue weighted by Gasteiger charge is -2.21. The molecule has 0 heterocycles. The quantitative estimate of drug-likeness (QED) is 0.156. The van der Waals surface area contributed by atoms with Crippen LogP contribution in [0.3, 0.4) is 0 Å². The molecule has 9 nitrogen and oxygen atoms in total. The molecule has 2 amide bonds. The van der Waals surface area contributed by atoms with Gasteiger partial charge in [-0.15, -0.1) is 0 Å². The molecule has 202 valence electrons. The summed E-state index contributed by atoms with van der Waals surface area (Å²) in [6, 6.07) is 6.45. The van der Waals surface area contributed by atoms with Crippen molar-refractivity contribution in [2.45, 2.75) is 89.8 Å². The average molecular weight is 618 g/mol. The number of hydrogen-bond donors (Lipinski definition) is 3. The van der Waals surface area contributed by atoms with Gasteiger partial charge in [-0.05, 0) is 99.6 Å². The Morgan fingerprint density at radius 3 is 2.28 bits per heavy atom. The maximum absolute atomic E-state index is 12.4. The Balaban J connectivity index is 2.30. The number of carbonyl (C=O) groups is 4. The molecule has 1 aromatic carbocycles. The summed E-state index contributed by atoms with van der Waals surface area (Å²) in [7, 11) is 1.25. The van der Waals surface area contributed by atoms with Gasteiger partial charge in [-0.2, -0.15) is 0 Å². The predicted octanol–water partition coefficient (Wildman–Crippen LogP) is 3.01. The Hall–Kier alpha value is -2.21. The number of benzene rings is 1. The molecular formula is C26H40IN3O6.